The lowest BCUT2D eigenvalue weighted by atomic mass is 9.79. The Morgan fingerprint density at radius 3 is 2.58 bits per heavy atom. The highest BCUT2D eigenvalue weighted by molar-refractivity contribution is 7.98. The molecule has 0 aromatic rings. The van der Waals surface area contributed by atoms with E-state index in [-0.39, 0.29) is 11.6 Å². The molecule has 0 atom stereocenters. The monoisotopic (exact) mass is 189 g/mol. The quantitative estimate of drug-likeness (QED) is 0.705. The van der Waals surface area contributed by atoms with E-state index in [1.54, 1.807) is 0 Å². The number of hydrogen-bond donors (Lipinski definition) is 2. The molecule has 0 saturated heterocycles. The maximum absolute atomic E-state index is 9.31. The molecule has 1 fully saturated rings. The van der Waals surface area contributed by atoms with Gasteiger partial charge in [0.15, 0.2) is 0 Å². The summed E-state index contributed by atoms with van der Waals surface area (Å²) >= 11 is 1.85. The van der Waals surface area contributed by atoms with E-state index >= 15 is 0 Å². The van der Waals surface area contributed by atoms with Gasteiger partial charge in [-0.05, 0) is 44.1 Å². The third-order valence-corrected chi connectivity index (χ3v) is 3.37. The highest BCUT2D eigenvalue weighted by atomic mass is 32.2. The van der Waals surface area contributed by atoms with Gasteiger partial charge in [0.2, 0.25) is 0 Å². The van der Waals surface area contributed by atoms with Crippen LogP contribution in [0.3, 0.4) is 0 Å². The molecule has 3 N–H and O–H groups in total. The van der Waals surface area contributed by atoms with E-state index < -0.39 is 0 Å². The minimum absolute atomic E-state index is 0.0300. The SMILES string of the molecule is CSCCC1(N)CCC(O)CC1. The number of rotatable bonds is 3. The summed E-state index contributed by atoms with van der Waals surface area (Å²) in [4.78, 5) is 0. The molecular weight excluding hydrogens is 170 g/mol. The van der Waals surface area contributed by atoms with Crippen molar-refractivity contribution in [2.24, 2.45) is 5.73 Å². The lowest BCUT2D eigenvalue weighted by Gasteiger charge is -2.35. The van der Waals surface area contributed by atoms with Crippen LogP contribution in [-0.2, 0) is 0 Å². The zero-order valence-electron chi connectivity index (χ0n) is 7.75. The lowest BCUT2D eigenvalue weighted by Crippen LogP contribution is -2.44. The van der Waals surface area contributed by atoms with Crippen LogP contribution < -0.4 is 5.73 Å². The van der Waals surface area contributed by atoms with Gasteiger partial charge in [0.25, 0.3) is 0 Å². The molecule has 0 bridgehead atoms. The van der Waals surface area contributed by atoms with Crippen LogP contribution in [0.25, 0.3) is 0 Å². The van der Waals surface area contributed by atoms with Gasteiger partial charge in [0, 0.05) is 5.54 Å². The predicted octanol–water partition coefficient (Wildman–Crippen LogP) is 1.37. The number of aliphatic hydroxyl groups is 1. The average Bonchev–Trinajstić information content (AvgIpc) is 2.08. The molecular formula is C9H19NOS. The zero-order chi connectivity index (χ0) is 9.03. The molecule has 0 heterocycles. The normalized spacial score (nSPS) is 36.8. The van der Waals surface area contributed by atoms with Crippen LogP contribution >= 0.6 is 11.8 Å². The van der Waals surface area contributed by atoms with Crippen molar-refractivity contribution in [3.63, 3.8) is 0 Å². The second-order valence-corrected chi connectivity index (χ2v) is 4.82. The van der Waals surface area contributed by atoms with Crippen LogP contribution in [0.4, 0.5) is 0 Å². The van der Waals surface area contributed by atoms with Crippen LogP contribution in [0.1, 0.15) is 32.1 Å². The van der Waals surface area contributed by atoms with Crippen molar-refractivity contribution >= 4 is 11.8 Å². The number of nitrogens with two attached hydrogens (primary N) is 1. The van der Waals surface area contributed by atoms with E-state index in [1.165, 1.54) is 0 Å². The lowest BCUT2D eigenvalue weighted by molar-refractivity contribution is 0.0964. The summed E-state index contributed by atoms with van der Waals surface area (Å²) in [5, 5.41) is 9.31. The third kappa shape index (κ3) is 2.96. The minimum atomic E-state index is -0.0871. The standard InChI is InChI=1S/C9H19NOS/c1-12-7-6-9(10)4-2-8(11)3-5-9/h8,11H,2-7,10H2,1H3. The Morgan fingerprint density at radius 1 is 1.50 bits per heavy atom. The van der Waals surface area contributed by atoms with Crippen LogP contribution in [0, 0.1) is 0 Å². The van der Waals surface area contributed by atoms with Crippen LogP contribution in [0.2, 0.25) is 0 Å². The summed E-state index contributed by atoms with van der Waals surface area (Å²) in [6, 6.07) is 0. The second-order valence-electron chi connectivity index (χ2n) is 3.84. The van der Waals surface area contributed by atoms with Gasteiger partial charge in [-0.1, -0.05) is 0 Å². The molecule has 1 rings (SSSR count). The largest absolute Gasteiger partial charge is 0.393 e. The Balaban J connectivity index is 2.29. The Hall–Kier alpha value is 0.270. The Labute approximate surface area is 78.9 Å². The summed E-state index contributed by atoms with van der Waals surface area (Å²) in [5.41, 5.74) is 6.21. The highest BCUT2D eigenvalue weighted by Crippen LogP contribution is 2.29. The Morgan fingerprint density at radius 2 is 2.08 bits per heavy atom. The second kappa shape index (κ2) is 4.49. The van der Waals surface area contributed by atoms with Crippen molar-refractivity contribution in [3.05, 3.63) is 0 Å². The molecule has 0 aromatic heterocycles. The summed E-state index contributed by atoms with van der Waals surface area (Å²) in [7, 11) is 0. The number of aliphatic hydroxyl groups excluding tert-OH is 1. The van der Waals surface area contributed by atoms with Crippen LogP contribution in [-0.4, -0.2) is 28.8 Å². The first-order valence-electron chi connectivity index (χ1n) is 4.62. The highest BCUT2D eigenvalue weighted by Gasteiger charge is 2.29. The smallest absolute Gasteiger partial charge is 0.0541 e. The van der Waals surface area contributed by atoms with Crippen molar-refractivity contribution in [2.75, 3.05) is 12.0 Å². The number of hydrogen-bond acceptors (Lipinski definition) is 3. The molecule has 2 nitrogen and oxygen atoms in total. The zero-order valence-corrected chi connectivity index (χ0v) is 8.57. The van der Waals surface area contributed by atoms with E-state index in [0.29, 0.717) is 0 Å². The number of thioether (sulfide) groups is 1. The Bertz CT molecular complexity index is 127. The van der Waals surface area contributed by atoms with Crippen molar-refractivity contribution in [1.29, 1.82) is 0 Å². The third-order valence-electron chi connectivity index (χ3n) is 2.75. The van der Waals surface area contributed by atoms with E-state index in [9.17, 15) is 5.11 Å². The minimum Gasteiger partial charge on any atom is -0.393 e. The molecule has 1 aliphatic rings. The van der Waals surface area contributed by atoms with E-state index in [1.807, 2.05) is 11.8 Å². The van der Waals surface area contributed by atoms with Gasteiger partial charge in [0.05, 0.1) is 6.10 Å². The van der Waals surface area contributed by atoms with Crippen molar-refractivity contribution in [1.82, 2.24) is 0 Å². The topological polar surface area (TPSA) is 46.2 Å². The van der Waals surface area contributed by atoms with Gasteiger partial charge in [-0.15, -0.1) is 0 Å². The maximum Gasteiger partial charge on any atom is 0.0541 e. The van der Waals surface area contributed by atoms with Crippen LogP contribution in [0.15, 0.2) is 0 Å². The van der Waals surface area contributed by atoms with Gasteiger partial charge >= 0.3 is 0 Å². The maximum atomic E-state index is 9.31. The molecule has 0 aliphatic heterocycles. The van der Waals surface area contributed by atoms with Gasteiger partial charge in [-0.2, -0.15) is 11.8 Å². The van der Waals surface area contributed by atoms with Gasteiger partial charge < -0.3 is 10.8 Å². The Kier molecular flexibility index (Phi) is 3.87. The van der Waals surface area contributed by atoms with E-state index in [4.69, 9.17) is 5.73 Å². The summed E-state index contributed by atoms with van der Waals surface area (Å²) < 4.78 is 0. The van der Waals surface area contributed by atoms with Crippen molar-refractivity contribution in [2.45, 2.75) is 43.7 Å². The van der Waals surface area contributed by atoms with Gasteiger partial charge in [0.1, 0.15) is 0 Å². The first-order valence-corrected chi connectivity index (χ1v) is 6.01. The molecule has 0 unspecified atom stereocenters. The first kappa shape index (κ1) is 10.4. The van der Waals surface area contributed by atoms with Crippen molar-refractivity contribution in [3.8, 4) is 0 Å². The molecule has 72 valence electrons. The average molecular weight is 189 g/mol. The first-order chi connectivity index (χ1) is 5.66. The molecule has 1 saturated carbocycles. The fourth-order valence-corrected chi connectivity index (χ4v) is 2.34. The fraction of sp³-hybridized carbons (Fsp3) is 1.00. The molecule has 12 heavy (non-hydrogen) atoms. The van der Waals surface area contributed by atoms with Crippen LogP contribution in [0.5, 0.6) is 0 Å². The predicted molar refractivity (Wildman–Crippen MR) is 54.4 cm³/mol. The summed E-state index contributed by atoms with van der Waals surface area (Å²) in [6.07, 6.45) is 6.90. The van der Waals surface area contributed by atoms with E-state index in [0.717, 1.165) is 37.9 Å². The summed E-state index contributed by atoms with van der Waals surface area (Å²) in [6.45, 7) is 0. The molecule has 0 radical (unpaired) electrons. The molecule has 0 amide bonds. The summed E-state index contributed by atoms with van der Waals surface area (Å²) in [5.74, 6) is 1.15. The fourth-order valence-electron chi connectivity index (χ4n) is 1.73. The van der Waals surface area contributed by atoms with Gasteiger partial charge in [-0.25, -0.2) is 0 Å². The van der Waals surface area contributed by atoms with Gasteiger partial charge in [-0.3, -0.25) is 0 Å². The molecule has 0 aromatic carbocycles. The molecule has 3 heteroatoms. The van der Waals surface area contributed by atoms with Crippen molar-refractivity contribution < 1.29 is 5.11 Å². The molecule has 0 spiro atoms. The van der Waals surface area contributed by atoms with E-state index in [2.05, 4.69) is 6.26 Å². The molecule has 1 aliphatic carbocycles.